The second kappa shape index (κ2) is 6.47. The number of amides is 2. The molecule has 0 bridgehead atoms. The van der Waals surface area contributed by atoms with E-state index < -0.39 is 30.6 Å². The van der Waals surface area contributed by atoms with Crippen LogP contribution in [0.15, 0.2) is 24.3 Å². The highest BCUT2D eigenvalue weighted by atomic mass is 19.4. The number of hydrogen-bond donors (Lipinski definition) is 1. The molecule has 1 aromatic carbocycles. The maximum Gasteiger partial charge on any atom is 0.406 e. The number of carbonyl (C=O) groups excluding carboxylic acids is 2. The average Bonchev–Trinajstić information content (AvgIpc) is 2.76. The minimum absolute atomic E-state index is 0.113. The van der Waals surface area contributed by atoms with Crippen molar-refractivity contribution in [1.82, 2.24) is 10.2 Å². The summed E-state index contributed by atoms with van der Waals surface area (Å²) in [7, 11) is 3.74. The first-order valence-corrected chi connectivity index (χ1v) is 7.08. The first kappa shape index (κ1) is 17.1. The van der Waals surface area contributed by atoms with Gasteiger partial charge >= 0.3 is 6.18 Å². The predicted molar refractivity (Wildman–Crippen MR) is 79.3 cm³/mol. The van der Waals surface area contributed by atoms with Crippen LogP contribution in [0.1, 0.15) is 16.8 Å². The minimum atomic E-state index is -4.43. The molecular formula is C15H18F3N3O2. The van der Waals surface area contributed by atoms with Gasteiger partial charge in [-0.05, 0) is 24.3 Å². The molecule has 8 heteroatoms. The predicted octanol–water partition coefficient (Wildman–Crippen LogP) is 1.65. The lowest BCUT2D eigenvalue weighted by atomic mass is 10.1. The molecular weight excluding hydrogens is 311 g/mol. The molecule has 0 saturated carbocycles. The van der Waals surface area contributed by atoms with Gasteiger partial charge < -0.3 is 15.1 Å². The van der Waals surface area contributed by atoms with E-state index in [1.165, 1.54) is 0 Å². The van der Waals surface area contributed by atoms with Crippen molar-refractivity contribution in [3.05, 3.63) is 29.8 Å². The number of nitrogens with zero attached hydrogens (tertiary/aromatic N) is 2. The van der Waals surface area contributed by atoms with Gasteiger partial charge in [0.2, 0.25) is 5.91 Å². The van der Waals surface area contributed by atoms with Crippen LogP contribution in [0.25, 0.3) is 0 Å². The largest absolute Gasteiger partial charge is 0.406 e. The van der Waals surface area contributed by atoms with E-state index in [-0.39, 0.29) is 13.0 Å². The van der Waals surface area contributed by atoms with Crippen LogP contribution in [0.5, 0.6) is 0 Å². The Balaban J connectivity index is 1.94. The van der Waals surface area contributed by atoms with E-state index in [1.54, 1.807) is 24.3 Å². The third kappa shape index (κ3) is 4.61. The molecule has 0 radical (unpaired) electrons. The first-order chi connectivity index (χ1) is 10.7. The van der Waals surface area contributed by atoms with E-state index in [9.17, 15) is 22.8 Å². The fourth-order valence-electron chi connectivity index (χ4n) is 2.42. The SMILES string of the molecule is CN(C)c1ccc(C(=O)N[C@@H]2CC(=O)N(CC(F)(F)F)C2)cc1. The lowest BCUT2D eigenvalue weighted by molar-refractivity contribution is -0.157. The van der Waals surface area contributed by atoms with Gasteiger partial charge in [-0.2, -0.15) is 13.2 Å². The molecule has 1 aliphatic heterocycles. The molecule has 2 rings (SSSR count). The number of alkyl halides is 3. The number of benzene rings is 1. The summed E-state index contributed by atoms with van der Waals surface area (Å²) in [6, 6.07) is 6.20. The molecule has 1 aliphatic rings. The van der Waals surface area contributed by atoms with Crippen molar-refractivity contribution in [1.29, 1.82) is 0 Å². The molecule has 23 heavy (non-hydrogen) atoms. The van der Waals surface area contributed by atoms with Crippen LogP contribution >= 0.6 is 0 Å². The van der Waals surface area contributed by atoms with Crippen molar-refractivity contribution < 1.29 is 22.8 Å². The molecule has 1 saturated heterocycles. The van der Waals surface area contributed by atoms with Crippen LogP contribution in [-0.4, -0.2) is 56.1 Å². The van der Waals surface area contributed by atoms with Crippen molar-refractivity contribution >= 4 is 17.5 Å². The third-order valence-electron chi connectivity index (χ3n) is 3.57. The average molecular weight is 329 g/mol. The Kier molecular flexibility index (Phi) is 4.82. The summed E-state index contributed by atoms with van der Waals surface area (Å²) in [6.07, 6.45) is -4.55. The molecule has 1 fully saturated rings. The topological polar surface area (TPSA) is 52.7 Å². The Hall–Kier alpha value is -2.25. The van der Waals surface area contributed by atoms with Gasteiger partial charge in [0, 0.05) is 38.3 Å². The maximum atomic E-state index is 12.4. The van der Waals surface area contributed by atoms with E-state index in [4.69, 9.17) is 0 Å². The van der Waals surface area contributed by atoms with E-state index in [0.29, 0.717) is 5.56 Å². The van der Waals surface area contributed by atoms with E-state index >= 15 is 0 Å². The van der Waals surface area contributed by atoms with Gasteiger partial charge in [0.15, 0.2) is 0 Å². The summed E-state index contributed by atoms with van der Waals surface area (Å²) in [4.78, 5) is 26.3. The molecule has 0 spiro atoms. The summed E-state index contributed by atoms with van der Waals surface area (Å²) in [6.45, 7) is -1.41. The van der Waals surface area contributed by atoms with Gasteiger partial charge in [0.1, 0.15) is 6.54 Å². The van der Waals surface area contributed by atoms with E-state index in [1.807, 2.05) is 19.0 Å². The highest BCUT2D eigenvalue weighted by Gasteiger charge is 2.38. The van der Waals surface area contributed by atoms with Crippen molar-refractivity contribution in [2.45, 2.75) is 18.6 Å². The summed E-state index contributed by atoms with van der Waals surface area (Å²) in [5, 5.41) is 2.61. The zero-order valence-electron chi connectivity index (χ0n) is 12.9. The quantitative estimate of drug-likeness (QED) is 0.914. The van der Waals surface area contributed by atoms with Crippen molar-refractivity contribution in [3.63, 3.8) is 0 Å². The molecule has 126 valence electrons. The lowest BCUT2D eigenvalue weighted by Crippen LogP contribution is -2.39. The van der Waals surface area contributed by atoms with Crippen LogP contribution in [0.4, 0.5) is 18.9 Å². The second-order valence-electron chi connectivity index (χ2n) is 5.71. The van der Waals surface area contributed by atoms with Crippen LogP contribution in [0, 0.1) is 0 Å². The molecule has 1 N–H and O–H groups in total. The van der Waals surface area contributed by atoms with Gasteiger partial charge in [0.05, 0.1) is 6.04 Å². The zero-order valence-corrected chi connectivity index (χ0v) is 12.9. The Labute approximate surface area is 132 Å². The number of anilines is 1. The molecule has 5 nitrogen and oxygen atoms in total. The Bertz CT molecular complexity index is 585. The molecule has 0 aliphatic carbocycles. The van der Waals surface area contributed by atoms with Crippen molar-refractivity contribution in [3.8, 4) is 0 Å². The fourth-order valence-corrected chi connectivity index (χ4v) is 2.42. The minimum Gasteiger partial charge on any atom is -0.378 e. The molecule has 1 aromatic rings. The van der Waals surface area contributed by atoms with Gasteiger partial charge in [-0.25, -0.2) is 0 Å². The second-order valence-corrected chi connectivity index (χ2v) is 5.71. The van der Waals surface area contributed by atoms with Gasteiger partial charge in [-0.3, -0.25) is 9.59 Å². The van der Waals surface area contributed by atoms with Crippen LogP contribution in [-0.2, 0) is 4.79 Å². The van der Waals surface area contributed by atoms with E-state index in [2.05, 4.69) is 5.32 Å². The van der Waals surface area contributed by atoms with Gasteiger partial charge in [0.25, 0.3) is 5.91 Å². The lowest BCUT2D eigenvalue weighted by Gasteiger charge is -2.18. The smallest absolute Gasteiger partial charge is 0.378 e. The van der Waals surface area contributed by atoms with Gasteiger partial charge in [-0.1, -0.05) is 0 Å². The highest BCUT2D eigenvalue weighted by Crippen LogP contribution is 2.21. The summed E-state index contributed by atoms with van der Waals surface area (Å²) in [5.74, 6) is -1.00. The zero-order chi connectivity index (χ0) is 17.2. The Morgan fingerprint density at radius 2 is 1.91 bits per heavy atom. The summed E-state index contributed by atoms with van der Waals surface area (Å²) in [5.41, 5.74) is 1.33. The van der Waals surface area contributed by atoms with Crippen molar-refractivity contribution in [2.75, 3.05) is 32.1 Å². The normalized spacial score (nSPS) is 18.2. The maximum absolute atomic E-state index is 12.4. The monoisotopic (exact) mass is 329 g/mol. The number of hydrogen-bond acceptors (Lipinski definition) is 3. The first-order valence-electron chi connectivity index (χ1n) is 7.08. The molecule has 1 heterocycles. The van der Waals surface area contributed by atoms with Crippen LogP contribution in [0.2, 0.25) is 0 Å². The summed E-state index contributed by atoms with van der Waals surface area (Å²) >= 11 is 0. The Morgan fingerprint density at radius 3 is 2.43 bits per heavy atom. The van der Waals surface area contributed by atoms with Gasteiger partial charge in [-0.15, -0.1) is 0 Å². The molecule has 2 amide bonds. The van der Waals surface area contributed by atoms with Crippen LogP contribution < -0.4 is 10.2 Å². The standard InChI is InChI=1S/C15H18F3N3O2/c1-20(2)12-5-3-10(4-6-12)14(23)19-11-7-13(22)21(8-11)9-15(16,17)18/h3-6,11H,7-9H2,1-2H3,(H,19,23)/t11-/m1/s1. The number of nitrogens with one attached hydrogen (secondary N) is 1. The number of halogens is 3. The number of rotatable bonds is 4. The molecule has 0 unspecified atom stereocenters. The number of likely N-dealkylation sites (tertiary alicyclic amines) is 1. The Morgan fingerprint density at radius 1 is 1.30 bits per heavy atom. The third-order valence-corrected chi connectivity index (χ3v) is 3.57. The molecule has 1 atom stereocenters. The highest BCUT2D eigenvalue weighted by molar-refractivity contribution is 5.95. The fraction of sp³-hybridized carbons (Fsp3) is 0.467. The van der Waals surface area contributed by atoms with Crippen molar-refractivity contribution in [2.24, 2.45) is 0 Å². The van der Waals surface area contributed by atoms with Crippen LogP contribution in [0.3, 0.4) is 0 Å². The number of carbonyl (C=O) groups is 2. The summed E-state index contributed by atoms with van der Waals surface area (Å²) < 4.78 is 37.1. The van der Waals surface area contributed by atoms with E-state index in [0.717, 1.165) is 10.6 Å². The molecule has 0 aromatic heterocycles.